The molecule has 3 aromatic rings. The van der Waals surface area contributed by atoms with Crippen molar-refractivity contribution in [3.63, 3.8) is 0 Å². The highest BCUT2D eigenvalue weighted by molar-refractivity contribution is 8.01. The molecule has 0 saturated heterocycles. The highest BCUT2D eigenvalue weighted by Crippen LogP contribution is 2.24. The second-order valence-electron chi connectivity index (χ2n) is 6.79. The van der Waals surface area contributed by atoms with E-state index in [2.05, 4.69) is 10.3 Å². The van der Waals surface area contributed by atoms with E-state index < -0.39 is 15.8 Å². The Hall–Kier alpha value is -2.60. The quantitative estimate of drug-likeness (QED) is 0.331. The van der Waals surface area contributed by atoms with Crippen LogP contribution in [0.4, 0.5) is 4.39 Å². The number of nitrogens with one attached hydrogen (secondary N) is 1. The molecule has 7 nitrogen and oxygen atoms in total. The number of hydrogen-bond acceptors (Lipinski definition) is 7. The molecule has 1 heterocycles. The van der Waals surface area contributed by atoms with Crippen LogP contribution >= 0.6 is 23.1 Å². The van der Waals surface area contributed by atoms with Gasteiger partial charge in [-0.05, 0) is 48.4 Å². The zero-order valence-corrected chi connectivity index (χ0v) is 19.2. The first-order chi connectivity index (χ1) is 15.2. The van der Waals surface area contributed by atoms with E-state index in [4.69, 9.17) is 5.14 Å². The Bertz CT molecular complexity index is 1190. The number of thiazole rings is 1. The van der Waals surface area contributed by atoms with E-state index in [1.165, 1.54) is 59.5 Å². The first-order valence-corrected chi connectivity index (χ1v) is 12.9. The number of carbonyl (C=O) groups excluding carboxylic acids is 2. The lowest BCUT2D eigenvalue weighted by atomic mass is 10.1. The summed E-state index contributed by atoms with van der Waals surface area (Å²) in [7, 11) is -3.72. The molecule has 3 rings (SSSR count). The number of benzene rings is 2. The number of amides is 1. The van der Waals surface area contributed by atoms with Crippen molar-refractivity contribution in [3.05, 3.63) is 76.5 Å². The average molecular weight is 494 g/mol. The van der Waals surface area contributed by atoms with Crippen molar-refractivity contribution in [2.75, 3.05) is 12.3 Å². The van der Waals surface area contributed by atoms with Gasteiger partial charge in [-0.25, -0.2) is 22.9 Å². The summed E-state index contributed by atoms with van der Waals surface area (Å²) in [5.74, 6) is -0.524. The summed E-state index contributed by atoms with van der Waals surface area (Å²) in [6, 6.07) is 11.6. The predicted molar refractivity (Wildman–Crippen MR) is 122 cm³/mol. The van der Waals surface area contributed by atoms with Gasteiger partial charge in [0.05, 0.1) is 22.8 Å². The number of nitrogens with zero attached hydrogens (tertiary/aromatic N) is 1. The second-order valence-corrected chi connectivity index (χ2v) is 10.4. The Morgan fingerprint density at radius 3 is 2.44 bits per heavy atom. The highest BCUT2D eigenvalue weighted by atomic mass is 32.2. The van der Waals surface area contributed by atoms with Crippen molar-refractivity contribution < 1.29 is 22.4 Å². The third-order valence-corrected chi connectivity index (χ3v) is 7.35. The van der Waals surface area contributed by atoms with Gasteiger partial charge in [-0.3, -0.25) is 9.59 Å². The van der Waals surface area contributed by atoms with Gasteiger partial charge in [0.2, 0.25) is 15.9 Å². The molecule has 0 aliphatic rings. The van der Waals surface area contributed by atoms with Gasteiger partial charge >= 0.3 is 0 Å². The Labute approximate surface area is 193 Å². The lowest BCUT2D eigenvalue weighted by molar-refractivity contribution is -0.120. The number of carbonyl (C=O) groups is 2. The fraction of sp³-hybridized carbons (Fsp3) is 0.190. The van der Waals surface area contributed by atoms with Crippen molar-refractivity contribution in [1.29, 1.82) is 0 Å². The number of sulfonamides is 1. The molecule has 2 aromatic carbocycles. The molecule has 1 aromatic heterocycles. The molecular formula is C21H20FN3O4S3. The van der Waals surface area contributed by atoms with Crippen molar-refractivity contribution in [2.45, 2.75) is 22.1 Å². The number of thioether (sulfide) groups is 1. The minimum atomic E-state index is -3.72. The highest BCUT2D eigenvalue weighted by Gasteiger charge is 2.12. The molecule has 0 saturated carbocycles. The van der Waals surface area contributed by atoms with Gasteiger partial charge in [0.1, 0.15) is 5.82 Å². The molecule has 0 atom stereocenters. The molecule has 0 aliphatic carbocycles. The van der Waals surface area contributed by atoms with Crippen LogP contribution in [0.2, 0.25) is 0 Å². The molecule has 0 radical (unpaired) electrons. The molecule has 0 spiro atoms. The van der Waals surface area contributed by atoms with Gasteiger partial charge in [0.15, 0.2) is 10.1 Å². The maximum atomic E-state index is 12.9. The molecule has 0 aliphatic heterocycles. The number of Topliss-reactive ketones (excluding diaryl/α,β-unsaturated/α-hetero) is 1. The summed E-state index contributed by atoms with van der Waals surface area (Å²) in [6.45, 7) is 0.394. The SMILES string of the molecule is NS(=O)(=O)c1ccc(CCNC(=O)Cc2csc(SCC(=O)c3ccc(F)cc3)n2)cc1. The maximum Gasteiger partial charge on any atom is 0.238 e. The lowest BCUT2D eigenvalue weighted by Gasteiger charge is -2.05. The molecule has 32 heavy (non-hydrogen) atoms. The molecule has 0 fully saturated rings. The number of hydrogen-bond donors (Lipinski definition) is 2. The smallest absolute Gasteiger partial charge is 0.238 e. The average Bonchev–Trinajstić information content (AvgIpc) is 3.19. The van der Waals surface area contributed by atoms with Crippen LogP contribution in [0.3, 0.4) is 0 Å². The van der Waals surface area contributed by atoms with Crippen molar-refractivity contribution in [3.8, 4) is 0 Å². The number of primary sulfonamides is 1. The standard InChI is InChI=1S/C21H20FN3O4S3/c22-16-5-3-15(4-6-16)19(26)13-31-21-25-17(12-30-21)11-20(27)24-10-9-14-1-7-18(8-2-14)32(23,28)29/h1-8,12H,9-11,13H2,(H,24,27)(H2,23,28,29). The van der Waals surface area contributed by atoms with E-state index in [0.717, 1.165) is 5.56 Å². The van der Waals surface area contributed by atoms with E-state index in [-0.39, 0.29) is 28.8 Å². The summed E-state index contributed by atoms with van der Waals surface area (Å²) in [4.78, 5) is 28.7. The van der Waals surface area contributed by atoms with Gasteiger partial charge in [-0.2, -0.15) is 0 Å². The van der Waals surface area contributed by atoms with Crippen molar-refractivity contribution >= 4 is 44.8 Å². The Kier molecular flexibility index (Phi) is 8.13. The van der Waals surface area contributed by atoms with Crippen LogP contribution in [0.25, 0.3) is 0 Å². The Balaban J connectivity index is 1.41. The van der Waals surface area contributed by atoms with E-state index in [9.17, 15) is 22.4 Å². The first-order valence-electron chi connectivity index (χ1n) is 9.45. The topological polar surface area (TPSA) is 119 Å². The van der Waals surface area contributed by atoms with Gasteiger partial charge < -0.3 is 5.32 Å². The fourth-order valence-corrected chi connectivity index (χ4v) is 4.96. The van der Waals surface area contributed by atoms with Crippen molar-refractivity contribution in [1.82, 2.24) is 10.3 Å². The number of ketones is 1. The van der Waals surface area contributed by atoms with E-state index in [0.29, 0.717) is 28.6 Å². The predicted octanol–water partition coefficient (Wildman–Crippen LogP) is 2.81. The van der Waals surface area contributed by atoms with Gasteiger partial charge in [0, 0.05) is 17.5 Å². The van der Waals surface area contributed by atoms with Gasteiger partial charge in [-0.15, -0.1) is 11.3 Å². The summed E-state index contributed by atoms with van der Waals surface area (Å²) in [6.07, 6.45) is 0.660. The zero-order chi connectivity index (χ0) is 23.1. The number of rotatable bonds is 10. The Morgan fingerprint density at radius 2 is 1.78 bits per heavy atom. The summed E-state index contributed by atoms with van der Waals surface area (Å²) >= 11 is 2.63. The number of aromatic nitrogens is 1. The van der Waals surface area contributed by atoms with Crippen LogP contribution < -0.4 is 10.5 Å². The minimum absolute atomic E-state index is 0.0434. The summed E-state index contributed by atoms with van der Waals surface area (Å²) in [5, 5.41) is 9.64. The van der Waals surface area contributed by atoms with Crippen LogP contribution in [-0.4, -0.2) is 37.4 Å². The molecule has 0 unspecified atom stereocenters. The fourth-order valence-electron chi connectivity index (χ4n) is 2.70. The third-order valence-electron chi connectivity index (χ3n) is 4.35. The van der Waals surface area contributed by atoms with Crippen LogP contribution in [0.1, 0.15) is 21.6 Å². The second kappa shape index (κ2) is 10.8. The monoisotopic (exact) mass is 493 g/mol. The van der Waals surface area contributed by atoms with Crippen LogP contribution in [0.15, 0.2) is 63.1 Å². The molecule has 168 valence electrons. The molecule has 3 N–H and O–H groups in total. The van der Waals surface area contributed by atoms with Crippen molar-refractivity contribution in [2.24, 2.45) is 5.14 Å². The van der Waals surface area contributed by atoms with E-state index in [1.807, 2.05) is 0 Å². The summed E-state index contributed by atoms with van der Waals surface area (Å²) in [5.41, 5.74) is 1.92. The van der Waals surface area contributed by atoms with Gasteiger partial charge in [0.25, 0.3) is 0 Å². The maximum absolute atomic E-state index is 12.9. The molecular weight excluding hydrogens is 473 g/mol. The van der Waals surface area contributed by atoms with Crippen LogP contribution in [-0.2, 0) is 27.7 Å². The van der Waals surface area contributed by atoms with E-state index in [1.54, 1.807) is 17.5 Å². The molecule has 0 bridgehead atoms. The first kappa shape index (κ1) is 24.1. The molecule has 11 heteroatoms. The molecule has 1 amide bonds. The lowest BCUT2D eigenvalue weighted by Crippen LogP contribution is -2.27. The van der Waals surface area contributed by atoms with Crippen LogP contribution in [0, 0.1) is 5.82 Å². The number of halogens is 1. The van der Waals surface area contributed by atoms with Crippen LogP contribution in [0.5, 0.6) is 0 Å². The van der Waals surface area contributed by atoms with E-state index >= 15 is 0 Å². The third kappa shape index (κ3) is 7.23. The minimum Gasteiger partial charge on any atom is -0.355 e. The zero-order valence-electron chi connectivity index (χ0n) is 16.8. The largest absolute Gasteiger partial charge is 0.355 e. The Morgan fingerprint density at radius 1 is 1.09 bits per heavy atom. The number of nitrogens with two attached hydrogens (primary N) is 1. The van der Waals surface area contributed by atoms with Gasteiger partial charge in [-0.1, -0.05) is 23.9 Å². The summed E-state index contributed by atoms with van der Waals surface area (Å²) < 4.78 is 36.1. The normalized spacial score (nSPS) is 11.3.